The highest BCUT2D eigenvalue weighted by atomic mass is 16.5. The molecule has 112 valence electrons. The van der Waals surface area contributed by atoms with Gasteiger partial charge in [0.15, 0.2) is 0 Å². The molecular formula is C17H23N3O. The van der Waals surface area contributed by atoms with Crippen LogP contribution in [0.25, 0.3) is 0 Å². The predicted octanol–water partition coefficient (Wildman–Crippen LogP) is 3.08. The standard InChI is InChI=1S/C17H23N3O/c1-4-9-18-15(12-14-8-6-5-7-13(14)2)16-17(21-3)20-11-10-19-16/h5-8,10-11,15,18H,4,9,12H2,1-3H3. The fourth-order valence-electron chi connectivity index (χ4n) is 2.38. The molecule has 1 unspecified atom stereocenters. The lowest BCUT2D eigenvalue weighted by Crippen LogP contribution is -2.26. The summed E-state index contributed by atoms with van der Waals surface area (Å²) in [4.78, 5) is 8.74. The number of nitrogens with zero attached hydrogens (tertiary/aromatic N) is 2. The summed E-state index contributed by atoms with van der Waals surface area (Å²) in [5.74, 6) is 0.597. The van der Waals surface area contributed by atoms with Gasteiger partial charge in [0.05, 0.1) is 13.2 Å². The second kappa shape index (κ2) is 7.74. The van der Waals surface area contributed by atoms with Crippen LogP contribution in [0.15, 0.2) is 36.7 Å². The van der Waals surface area contributed by atoms with Crippen LogP contribution in [0, 0.1) is 6.92 Å². The molecule has 0 bridgehead atoms. The zero-order chi connectivity index (χ0) is 15.1. The summed E-state index contributed by atoms with van der Waals surface area (Å²) in [7, 11) is 1.64. The Morgan fingerprint density at radius 1 is 1.19 bits per heavy atom. The second-order valence-corrected chi connectivity index (χ2v) is 5.09. The van der Waals surface area contributed by atoms with Crippen molar-refractivity contribution in [3.8, 4) is 5.88 Å². The zero-order valence-electron chi connectivity index (χ0n) is 13.0. The molecule has 1 N–H and O–H groups in total. The van der Waals surface area contributed by atoms with Gasteiger partial charge in [0.1, 0.15) is 5.69 Å². The molecule has 0 aliphatic carbocycles. The average Bonchev–Trinajstić information content (AvgIpc) is 2.53. The quantitative estimate of drug-likeness (QED) is 0.849. The second-order valence-electron chi connectivity index (χ2n) is 5.09. The van der Waals surface area contributed by atoms with E-state index in [4.69, 9.17) is 4.74 Å². The lowest BCUT2D eigenvalue weighted by molar-refractivity contribution is 0.376. The van der Waals surface area contributed by atoms with Crippen LogP contribution in [0.1, 0.15) is 36.2 Å². The Kier molecular flexibility index (Phi) is 5.69. The molecule has 0 fully saturated rings. The molecular weight excluding hydrogens is 262 g/mol. The van der Waals surface area contributed by atoms with E-state index in [2.05, 4.69) is 53.4 Å². The number of benzene rings is 1. The van der Waals surface area contributed by atoms with Gasteiger partial charge in [0.2, 0.25) is 5.88 Å². The van der Waals surface area contributed by atoms with Gasteiger partial charge < -0.3 is 10.1 Å². The molecule has 0 radical (unpaired) electrons. The Bertz CT molecular complexity index is 571. The minimum Gasteiger partial charge on any atom is -0.480 e. The van der Waals surface area contributed by atoms with Crippen molar-refractivity contribution in [2.24, 2.45) is 0 Å². The predicted molar refractivity (Wildman–Crippen MR) is 84.5 cm³/mol. The van der Waals surface area contributed by atoms with Crippen LogP contribution < -0.4 is 10.1 Å². The normalized spacial score (nSPS) is 12.1. The monoisotopic (exact) mass is 285 g/mol. The maximum absolute atomic E-state index is 5.36. The number of aromatic nitrogens is 2. The first-order valence-electron chi connectivity index (χ1n) is 7.39. The molecule has 0 spiro atoms. The van der Waals surface area contributed by atoms with Crippen molar-refractivity contribution in [3.63, 3.8) is 0 Å². The van der Waals surface area contributed by atoms with E-state index < -0.39 is 0 Å². The van der Waals surface area contributed by atoms with Crippen molar-refractivity contribution < 1.29 is 4.74 Å². The van der Waals surface area contributed by atoms with Gasteiger partial charge in [-0.2, -0.15) is 0 Å². The molecule has 2 rings (SSSR count). The van der Waals surface area contributed by atoms with E-state index >= 15 is 0 Å². The van der Waals surface area contributed by atoms with Crippen LogP contribution in [0.5, 0.6) is 5.88 Å². The van der Waals surface area contributed by atoms with Crippen molar-refractivity contribution in [2.45, 2.75) is 32.7 Å². The van der Waals surface area contributed by atoms with Crippen molar-refractivity contribution in [1.82, 2.24) is 15.3 Å². The van der Waals surface area contributed by atoms with Gasteiger partial charge in [0.25, 0.3) is 0 Å². The molecule has 0 saturated carbocycles. The number of nitrogens with one attached hydrogen (secondary N) is 1. The van der Waals surface area contributed by atoms with E-state index in [9.17, 15) is 0 Å². The zero-order valence-corrected chi connectivity index (χ0v) is 13.0. The minimum absolute atomic E-state index is 0.106. The summed E-state index contributed by atoms with van der Waals surface area (Å²) >= 11 is 0. The van der Waals surface area contributed by atoms with Crippen LogP contribution in [0.2, 0.25) is 0 Å². The van der Waals surface area contributed by atoms with Crippen LogP contribution >= 0.6 is 0 Å². The van der Waals surface area contributed by atoms with Crippen molar-refractivity contribution >= 4 is 0 Å². The molecule has 2 aromatic rings. The third-order valence-corrected chi connectivity index (χ3v) is 3.54. The Morgan fingerprint density at radius 3 is 2.67 bits per heavy atom. The minimum atomic E-state index is 0.106. The number of aryl methyl sites for hydroxylation is 1. The maximum atomic E-state index is 5.36. The SMILES string of the molecule is CCCNC(Cc1ccccc1C)c1nccnc1OC. The van der Waals surface area contributed by atoms with Gasteiger partial charge in [-0.05, 0) is 37.4 Å². The Balaban J connectivity index is 2.28. The lowest BCUT2D eigenvalue weighted by Gasteiger charge is -2.20. The number of methoxy groups -OCH3 is 1. The molecule has 21 heavy (non-hydrogen) atoms. The van der Waals surface area contributed by atoms with Crippen LogP contribution in [0.4, 0.5) is 0 Å². The summed E-state index contributed by atoms with van der Waals surface area (Å²) in [5, 5.41) is 3.55. The lowest BCUT2D eigenvalue weighted by atomic mass is 9.99. The smallest absolute Gasteiger partial charge is 0.237 e. The molecule has 1 aromatic heterocycles. The largest absolute Gasteiger partial charge is 0.480 e. The number of hydrogen-bond acceptors (Lipinski definition) is 4. The summed E-state index contributed by atoms with van der Waals surface area (Å²) < 4.78 is 5.36. The molecule has 0 amide bonds. The molecule has 0 aliphatic heterocycles. The Labute approximate surface area is 126 Å². The fraction of sp³-hybridized carbons (Fsp3) is 0.412. The number of hydrogen-bond donors (Lipinski definition) is 1. The summed E-state index contributed by atoms with van der Waals surface area (Å²) in [5.41, 5.74) is 3.49. The topological polar surface area (TPSA) is 47.0 Å². The van der Waals surface area contributed by atoms with Gasteiger partial charge in [-0.1, -0.05) is 31.2 Å². The molecule has 1 atom stereocenters. The first-order chi connectivity index (χ1) is 10.3. The van der Waals surface area contributed by atoms with E-state index in [1.165, 1.54) is 11.1 Å². The van der Waals surface area contributed by atoms with E-state index in [1.54, 1.807) is 19.5 Å². The first-order valence-corrected chi connectivity index (χ1v) is 7.39. The third-order valence-electron chi connectivity index (χ3n) is 3.54. The Hall–Kier alpha value is -1.94. The van der Waals surface area contributed by atoms with Gasteiger partial charge in [-0.3, -0.25) is 4.98 Å². The average molecular weight is 285 g/mol. The third kappa shape index (κ3) is 4.02. The number of rotatable bonds is 7. The Morgan fingerprint density at radius 2 is 1.95 bits per heavy atom. The van der Waals surface area contributed by atoms with Crippen molar-refractivity contribution in [3.05, 3.63) is 53.5 Å². The van der Waals surface area contributed by atoms with E-state index in [-0.39, 0.29) is 6.04 Å². The van der Waals surface area contributed by atoms with E-state index in [0.717, 1.165) is 25.1 Å². The van der Waals surface area contributed by atoms with Crippen molar-refractivity contribution in [1.29, 1.82) is 0 Å². The highest BCUT2D eigenvalue weighted by Gasteiger charge is 2.19. The van der Waals surface area contributed by atoms with Crippen LogP contribution in [-0.2, 0) is 6.42 Å². The first kappa shape index (κ1) is 15.4. The molecule has 0 saturated heterocycles. The summed E-state index contributed by atoms with van der Waals surface area (Å²) in [6.07, 6.45) is 5.33. The number of ether oxygens (including phenoxy) is 1. The molecule has 4 heteroatoms. The molecule has 1 aromatic carbocycles. The van der Waals surface area contributed by atoms with Crippen LogP contribution in [0.3, 0.4) is 0 Å². The van der Waals surface area contributed by atoms with Gasteiger partial charge >= 0.3 is 0 Å². The molecule has 1 heterocycles. The van der Waals surface area contributed by atoms with Crippen LogP contribution in [-0.4, -0.2) is 23.6 Å². The summed E-state index contributed by atoms with van der Waals surface area (Å²) in [6, 6.07) is 8.55. The highest BCUT2D eigenvalue weighted by Crippen LogP contribution is 2.24. The summed E-state index contributed by atoms with van der Waals surface area (Å²) in [6.45, 7) is 5.24. The fourth-order valence-corrected chi connectivity index (χ4v) is 2.38. The van der Waals surface area contributed by atoms with E-state index in [1.807, 2.05) is 0 Å². The van der Waals surface area contributed by atoms with E-state index in [0.29, 0.717) is 5.88 Å². The van der Waals surface area contributed by atoms with Gasteiger partial charge in [-0.25, -0.2) is 4.98 Å². The molecule has 0 aliphatic rings. The van der Waals surface area contributed by atoms with Gasteiger partial charge in [0, 0.05) is 12.4 Å². The van der Waals surface area contributed by atoms with Gasteiger partial charge in [-0.15, -0.1) is 0 Å². The highest BCUT2D eigenvalue weighted by molar-refractivity contribution is 5.29. The van der Waals surface area contributed by atoms with Crippen molar-refractivity contribution in [2.75, 3.05) is 13.7 Å². The molecule has 4 nitrogen and oxygen atoms in total. The maximum Gasteiger partial charge on any atom is 0.237 e.